The fraction of sp³-hybridized carbons (Fsp3) is 0.450. The highest BCUT2D eigenvalue weighted by atomic mass is 16.3. The summed E-state index contributed by atoms with van der Waals surface area (Å²) in [5.41, 5.74) is 0.941. The van der Waals surface area contributed by atoms with Crippen molar-refractivity contribution in [3.63, 3.8) is 0 Å². The normalized spacial score (nSPS) is 10.9. The van der Waals surface area contributed by atoms with Crippen molar-refractivity contribution < 1.29 is 14.0 Å². The number of urea groups is 1. The summed E-state index contributed by atoms with van der Waals surface area (Å²) < 4.78 is 5.41. The highest BCUT2D eigenvalue weighted by Crippen LogP contribution is 2.12. The molecular formula is C20H28N4O3. The molecule has 2 N–H and O–H groups in total. The molecular weight excluding hydrogens is 344 g/mol. The zero-order valence-corrected chi connectivity index (χ0v) is 16.4. The Balaban J connectivity index is 2.03. The van der Waals surface area contributed by atoms with E-state index in [4.69, 9.17) is 4.42 Å². The number of benzene rings is 1. The van der Waals surface area contributed by atoms with Gasteiger partial charge in [0, 0.05) is 18.8 Å². The number of anilines is 1. The van der Waals surface area contributed by atoms with Gasteiger partial charge >= 0.3 is 6.03 Å². The van der Waals surface area contributed by atoms with Crippen LogP contribution < -0.4 is 10.6 Å². The van der Waals surface area contributed by atoms with Crippen LogP contribution in [0, 0.1) is 11.8 Å². The third-order valence-corrected chi connectivity index (χ3v) is 3.68. The van der Waals surface area contributed by atoms with Gasteiger partial charge in [-0.2, -0.15) is 0 Å². The Bertz CT molecular complexity index is 741. The average Bonchev–Trinajstić information content (AvgIpc) is 3.08. The lowest BCUT2D eigenvalue weighted by Crippen LogP contribution is -2.37. The molecule has 0 aliphatic rings. The van der Waals surface area contributed by atoms with Crippen molar-refractivity contribution in [2.75, 3.05) is 18.4 Å². The molecule has 0 spiro atoms. The van der Waals surface area contributed by atoms with Crippen molar-refractivity contribution in [3.05, 3.63) is 48.2 Å². The van der Waals surface area contributed by atoms with E-state index in [1.165, 1.54) is 6.26 Å². The molecule has 0 radical (unpaired) electrons. The molecule has 0 saturated carbocycles. The molecule has 0 fully saturated rings. The van der Waals surface area contributed by atoms with Crippen LogP contribution in [-0.4, -0.2) is 34.9 Å². The van der Waals surface area contributed by atoms with Crippen LogP contribution >= 0.6 is 0 Å². The monoisotopic (exact) mass is 372 g/mol. The lowest BCUT2D eigenvalue weighted by Gasteiger charge is -2.23. The molecule has 0 aliphatic heterocycles. The average molecular weight is 372 g/mol. The first-order valence-electron chi connectivity index (χ1n) is 9.18. The van der Waals surface area contributed by atoms with Gasteiger partial charge in [0.2, 0.25) is 5.89 Å². The van der Waals surface area contributed by atoms with E-state index in [2.05, 4.69) is 15.6 Å². The van der Waals surface area contributed by atoms with Crippen LogP contribution in [0.3, 0.4) is 0 Å². The first kappa shape index (κ1) is 20.5. The quantitative estimate of drug-likeness (QED) is 0.739. The molecule has 7 heteroatoms. The van der Waals surface area contributed by atoms with Gasteiger partial charge in [0.05, 0.1) is 6.54 Å². The number of aromatic nitrogens is 1. The van der Waals surface area contributed by atoms with Crippen LogP contribution in [-0.2, 0) is 6.54 Å². The molecule has 0 aliphatic carbocycles. The number of para-hydroxylation sites is 1. The molecule has 0 unspecified atom stereocenters. The molecule has 1 aromatic heterocycles. The zero-order chi connectivity index (χ0) is 19.8. The van der Waals surface area contributed by atoms with Gasteiger partial charge in [-0.25, -0.2) is 9.78 Å². The van der Waals surface area contributed by atoms with Gasteiger partial charge in [0.15, 0.2) is 5.69 Å². The van der Waals surface area contributed by atoms with Crippen LogP contribution in [0.25, 0.3) is 0 Å². The minimum absolute atomic E-state index is 0.189. The molecule has 1 aromatic carbocycles. The predicted octanol–water partition coefficient (Wildman–Crippen LogP) is 3.75. The lowest BCUT2D eigenvalue weighted by atomic mass is 10.2. The Morgan fingerprint density at radius 1 is 1.11 bits per heavy atom. The second-order valence-electron chi connectivity index (χ2n) is 7.30. The maximum atomic E-state index is 12.6. The van der Waals surface area contributed by atoms with Gasteiger partial charge in [-0.05, 0) is 24.0 Å². The Hall–Kier alpha value is -2.83. The first-order chi connectivity index (χ1) is 12.8. The number of rotatable bonds is 8. The minimum atomic E-state index is -0.275. The second kappa shape index (κ2) is 9.75. The topological polar surface area (TPSA) is 87.5 Å². The largest absolute Gasteiger partial charge is 0.446 e. The van der Waals surface area contributed by atoms with Gasteiger partial charge in [-0.15, -0.1) is 0 Å². The maximum Gasteiger partial charge on any atom is 0.322 e. The van der Waals surface area contributed by atoms with Crippen molar-refractivity contribution in [2.24, 2.45) is 11.8 Å². The number of hydrogen-bond acceptors (Lipinski definition) is 4. The van der Waals surface area contributed by atoms with E-state index in [9.17, 15) is 9.59 Å². The molecule has 2 rings (SSSR count). The van der Waals surface area contributed by atoms with Gasteiger partial charge < -0.3 is 20.0 Å². The summed E-state index contributed by atoms with van der Waals surface area (Å²) in [6.07, 6.45) is 1.33. The van der Waals surface area contributed by atoms with Gasteiger partial charge in [-0.3, -0.25) is 4.79 Å². The van der Waals surface area contributed by atoms with Crippen LogP contribution in [0.4, 0.5) is 10.5 Å². The summed E-state index contributed by atoms with van der Waals surface area (Å²) in [6.45, 7) is 9.39. The summed E-state index contributed by atoms with van der Waals surface area (Å²) in [6, 6.07) is 9.03. The van der Waals surface area contributed by atoms with Crippen LogP contribution in [0.2, 0.25) is 0 Å². The second-order valence-corrected chi connectivity index (χ2v) is 7.30. The van der Waals surface area contributed by atoms with Crippen LogP contribution in [0.5, 0.6) is 0 Å². The summed E-state index contributed by atoms with van der Waals surface area (Å²) in [5, 5.41) is 5.67. The summed E-state index contributed by atoms with van der Waals surface area (Å²) in [4.78, 5) is 30.6. The Kier molecular flexibility index (Phi) is 7.40. The highest BCUT2D eigenvalue weighted by Gasteiger charge is 2.20. The minimum Gasteiger partial charge on any atom is -0.446 e. The molecule has 7 nitrogen and oxygen atoms in total. The predicted molar refractivity (Wildman–Crippen MR) is 104 cm³/mol. The standard InChI is InChI=1S/C20H28N4O3/c1-14(2)10-21-19(25)17-13-27-18(23-17)12-24(11-15(3)4)20(26)22-16-8-6-5-7-9-16/h5-9,13-15H,10-12H2,1-4H3,(H,21,25)(H,22,26). The van der Waals surface area contributed by atoms with E-state index < -0.39 is 0 Å². The van der Waals surface area contributed by atoms with Crippen molar-refractivity contribution in [1.29, 1.82) is 0 Å². The van der Waals surface area contributed by atoms with E-state index in [0.717, 1.165) is 5.69 Å². The summed E-state index contributed by atoms with van der Waals surface area (Å²) in [7, 11) is 0. The molecule has 2 aromatic rings. The van der Waals surface area contributed by atoms with Gasteiger partial charge in [0.1, 0.15) is 6.26 Å². The number of nitrogens with one attached hydrogen (secondary N) is 2. The summed E-state index contributed by atoms with van der Waals surface area (Å²) in [5.74, 6) is 0.676. The van der Waals surface area contributed by atoms with E-state index in [1.807, 2.05) is 58.0 Å². The maximum absolute atomic E-state index is 12.6. The number of nitrogens with zero attached hydrogens (tertiary/aromatic N) is 2. The molecule has 27 heavy (non-hydrogen) atoms. The van der Waals surface area contributed by atoms with Crippen molar-refractivity contribution in [2.45, 2.75) is 34.2 Å². The first-order valence-corrected chi connectivity index (χ1v) is 9.18. The van der Waals surface area contributed by atoms with Crippen molar-refractivity contribution >= 4 is 17.6 Å². The number of amides is 3. The van der Waals surface area contributed by atoms with Gasteiger partial charge in [0.25, 0.3) is 5.91 Å². The summed E-state index contributed by atoms with van der Waals surface area (Å²) >= 11 is 0. The van der Waals surface area contributed by atoms with Crippen molar-refractivity contribution in [3.8, 4) is 0 Å². The molecule has 0 atom stereocenters. The van der Waals surface area contributed by atoms with E-state index in [1.54, 1.807) is 4.90 Å². The molecule has 3 amide bonds. The Labute approximate surface area is 160 Å². The third-order valence-electron chi connectivity index (χ3n) is 3.68. The third kappa shape index (κ3) is 6.77. The van der Waals surface area contributed by atoms with E-state index >= 15 is 0 Å². The zero-order valence-electron chi connectivity index (χ0n) is 16.4. The SMILES string of the molecule is CC(C)CNC(=O)c1coc(CN(CC(C)C)C(=O)Nc2ccccc2)n1. The Morgan fingerprint density at radius 3 is 2.44 bits per heavy atom. The molecule has 1 heterocycles. The smallest absolute Gasteiger partial charge is 0.322 e. The fourth-order valence-electron chi connectivity index (χ4n) is 2.42. The number of carbonyl (C=O) groups is 2. The molecule has 0 saturated heterocycles. The highest BCUT2D eigenvalue weighted by molar-refractivity contribution is 5.92. The number of carbonyl (C=O) groups excluding carboxylic acids is 2. The molecule has 146 valence electrons. The van der Waals surface area contributed by atoms with Crippen LogP contribution in [0.1, 0.15) is 44.1 Å². The van der Waals surface area contributed by atoms with Crippen LogP contribution in [0.15, 0.2) is 41.0 Å². The fourth-order valence-corrected chi connectivity index (χ4v) is 2.42. The molecule has 0 bridgehead atoms. The Morgan fingerprint density at radius 2 is 1.81 bits per heavy atom. The number of oxazole rings is 1. The number of hydrogen-bond donors (Lipinski definition) is 2. The van der Waals surface area contributed by atoms with Crippen molar-refractivity contribution in [1.82, 2.24) is 15.2 Å². The lowest BCUT2D eigenvalue weighted by molar-refractivity contribution is 0.0944. The van der Waals surface area contributed by atoms with Gasteiger partial charge in [-0.1, -0.05) is 45.9 Å². The van der Waals surface area contributed by atoms with E-state index in [-0.39, 0.29) is 30.1 Å². The van der Waals surface area contributed by atoms with E-state index in [0.29, 0.717) is 24.9 Å².